The van der Waals surface area contributed by atoms with Crippen molar-refractivity contribution in [2.75, 3.05) is 44.9 Å². The number of carboxylic acid groups (broad SMARTS) is 2. The number of nitrogens with zero attached hydrogens (tertiary/aromatic N) is 2. The molecule has 0 saturated carbocycles. The molecular formula is C22H26N2O6S. The monoisotopic (exact) mass is 446 g/mol. The van der Waals surface area contributed by atoms with Crippen molar-refractivity contribution in [3.63, 3.8) is 0 Å². The third-order valence-electron chi connectivity index (χ3n) is 4.58. The number of rotatable bonds is 5. The van der Waals surface area contributed by atoms with Crippen molar-refractivity contribution in [2.45, 2.75) is 10.8 Å². The van der Waals surface area contributed by atoms with Gasteiger partial charge in [-0.2, -0.15) is 0 Å². The summed E-state index contributed by atoms with van der Waals surface area (Å²) in [6.45, 7) is 1.51. The fraction of sp³-hybridized carbons (Fsp3) is 0.318. The molecule has 0 radical (unpaired) electrons. The van der Waals surface area contributed by atoms with Gasteiger partial charge in [0.2, 0.25) is 5.91 Å². The van der Waals surface area contributed by atoms with Crippen molar-refractivity contribution >= 4 is 35.3 Å². The van der Waals surface area contributed by atoms with Crippen LogP contribution in [0.25, 0.3) is 0 Å². The second kappa shape index (κ2) is 11.4. The molecule has 0 spiro atoms. The van der Waals surface area contributed by atoms with Gasteiger partial charge in [-0.25, -0.2) is 9.59 Å². The molecule has 2 aromatic rings. The van der Waals surface area contributed by atoms with E-state index in [2.05, 4.69) is 11.0 Å². The standard InChI is InChI=1S/C20H24N2O2S.C2H2O4/c1-21(2)11-12-22-18-9-4-5-10-19(18)25-14-17(20(22)23)15-7-6-8-16(13-15)24-3;3-1(4)2(5)6/h4-10,13,17H,11-12,14H2,1-3H3;(H,3,4)(H,5,6). The smallest absolute Gasteiger partial charge is 0.414 e. The summed E-state index contributed by atoms with van der Waals surface area (Å²) in [5, 5.41) is 14.8. The maximum Gasteiger partial charge on any atom is 0.414 e. The zero-order chi connectivity index (χ0) is 23.0. The van der Waals surface area contributed by atoms with Gasteiger partial charge in [-0.3, -0.25) is 4.79 Å². The van der Waals surface area contributed by atoms with Gasteiger partial charge in [-0.05, 0) is 43.9 Å². The number of benzene rings is 2. The maximum absolute atomic E-state index is 13.4. The van der Waals surface area contributed by atoms with Crippen molar-refractivity contribution in [1.82, 2.24) is 4.90 Å². The maximum atomic E-state index is 13.4. The van der Waals surface area contributed by atoms with Crippen molar-refractivity contribution in [1.29, 1.82) is 0 Å². The normalized spacial score (nSPS) is 15.4. The van der Waals surface area contributed by atoms with Gasteiger partial charge in [0.05, 0.1) is 18.7 Å². The molecule has 1 unspecified atom stereocenters. The predicted molar refractivity (Wildman–Crippen MR) is 119 cm³/mol. The molecule has 1 atom stereocenters. The lowest BCUT2D eigenvalue weighted by Gasteiger charge is -2.27. The van der Waals surface area contributed by atoms with E-state index in [9.17, 15) is 4.79 Å². The Balaban J connectivity index is 0.000000501. The van der Waals surface area contributed by atoms with Crippen molar-refractivity contribution < 1.29 is 29.3 Å². The molecule has 0 bridgehead atoms. The molecule has 2 N–H and O–H groups in total. The lowest BCUT2D eigenvalue weighted by molar-refractivity contribution is -0.159. The summed E-state index contributed by atoms with van der Waals surface area (Å²) in [7, 11) is 5.72. The van der Waals surface area contributed by atoms with Crippen LogP contribution in [0.1, 0.15) is 11.5 Å². The lowest BCUT2D eigenvalue weighted by atomic mass is 9.99. The minimum Gasteiger partial charge on any atom is -0.497 e. The van der Waals surface area contributed by atoms with E-state index in [1.54, 1.807) is 18.9 Å². The molecule has 1 amide bonds. The summed E-state index contributed by atoms with van der Waals surface area (Å²) in [5.41, 5.74) is 2.03. The summed E-state index contributed by atoms with van der Waals surface area (Å²) < 4.78 is 5.34. The topological polar surface area (TPSA) is 107 Å². The average Bonchev–Trinajstić information content (AvgIpc) is 2.88. The van der Waals surface area contributed by atoms with E-state index < -0.39 is 11.9 Å². The third kappa shape index (κ3) is 6.73. The van der Waals surface area contributed by atoms with Crippen LogP contribution < -0.4 is 9.64 Å². The van der Waals surface area contributed by atoms with Crippen molar-refractivity contribution in [3.05, 3.63) is 54.1 Å². The quantitative estimate of drug-likeness (QED) is 0.675. The number of likely N-dealkylation sites (N-methyl/N-ethyl adjacent to an activating group) is 1. The van der Waals surface area contributed by atoms with Crippen LogP contribution in [-0.4, -0.2) is 73.0 Å². The molecule has 8 nitrogen and oxygen atoms in total. The minimum absolute atomic E-state index is 0.160. The predicted octanol–water partition coefficient (Wildman–Crippen LogP) is 2.63. The number of hydrogen-bond donors (Lipinski definition) is 2. The molecule has 0 aliphatic carbocycles. The van der Waals surface area contributed by atoms with E-state index in [1.807, 2.05) is 61.5 Å². The highest BCUT2D eigenvalue weighted by atomic mass is 32.2. The Labute approximate surface area is 185 Å². The van der Waals surface area contributed by atoms with Crippen LogP contribution >= 0.6 is 11.8 Å². The number of methoxy groups -OCH3 is 1. The van der Waals surface area contributed by atoms with Crippen LogP contribution in [0.4, 0.5) is 5.69 Å². The highest BCUT2D eigenvalue weighted by Gasteiger charge is 2.31. The van der Waals surface area contributed by atoms with Gasteiger partial charge in [-0.1, -0.05) is 24.3 Å². The average molecular weight is 447 g/mol. The van der Waals surface area contributed by atoms with Gasteiger partial charge in [-0.15, -0.1) is 11.8 Å². The Morgan fingerprint density at radius 3 is 2.42 bits per heavy atom. The fourth-order valence-electron chi connectivity index (χ4n) is 2.98. The van der Waals surface area contributed by atoms with Gasteiger partial charge >= 0.3 is 11.9 Å². The van der Waals surface area contributed by atoms with E-state index >= 15 is 0 Å². The number of carboxylic acids is 2. The highest BCUT2D eigenvalue weighted by Crippen LogP contribution is 2.39. The number of para-hydroxylation sites is 1. The molecular weight excluding hydrogens is 420 g/mol. The Hall–Kier alpha value is -3.04. The summed E-state index contributed by atoms with van der Waals surface area (Å²) in [4.78, 5) is 36.8. The Kier molecular flexibility index (Phi) is 8.89. The van der Waals surface area contributed by atoms with Crippen LogP contribution in [0.3, 0.4) is 0 Å². The number of fused-ring (bicyclic) bond motifs is 1. The molecule has 1 heterocycles. The zero-order valence-electron chi connectivity index (χ0n) is 17.6. The summed E-state index contributed by atoms with van der Waals surface area (Å²) in [5.74, 6) is -2.13. The first-order chi connectivity index (χ1) is 14.7. The first-order valence-corrected chi connectivity index (χ1v) is 10.5. The molecule has 1 aliphatic rings. The number of aliphatic carboxylic acids is 2. The van der Waals surface area contributed by atoms with Crippen LogP contribution in [-0.2, 0) is 14.4 Å². The molecule has 3 rings (SSSR count). The van der Waals surface area contributed by atoms with E-state index in [-0.39, 0.29) is 11.8 Å². The second-order valence-electron chi connectivity index (χ2n) is 7.01. The summed E-state index contributed by atoms with van der Waals surface area (Å²) >= 11 is 1.75. The molecule has 2 aromatic carbocycles. The molecule has 0 fully saturated rings. The minimum atomic E-state index is -1.82. The number of anilines is 1. The van der Waals surface area contributed by atoms with E-state index in [0.29, 0.717) is 6.54 Å². The van der Waals surface area contributed by atoms with E-state index in [4.69, 9.17) is 24.5 Å². The number of carbonyl (C=O) groups is 3. The molecule has 31 heavy (non-hydrogen) atoms. The number of thioether (sulfide) groups is 1. The van der Waals surface area contributed by atoms with Crippen LogP contribution in [0.5, 0.6) is 5.75 Å². The van der Waals surface area contributed by atoms with Crippen molar-refractivity contribution in [3.8, 4) is 5.75 Å². The summed E-state index contributed by atoms with van der Waals surface area (Å²) in [6.07, 6.45) is 0. The number of ether oxygens (including phenoxy) is 1. The molecule has 0 saturated heterocycles. The molecule has 166 valence electrons. The van der Waals surface area contributed by atoms with Crippen LogP contribution in [0.15, 0.2) is 53.4 Å². The van der Waals surface area contributed by atoms with Gasteiger partial charge in [0.1, 0.15) is 5.75 Å². The Bertz CT molecular complexity index is 922. The Morgan fingerprint density at radius 2 is 1.81 bits per heavy atom. The second-order valence-corrected chi connectivity index (χ2v) is 8.07. The third-order valence-corrected chi connectivity index (χ3v) is 5.73. The van der Waals surface area contributed by atoms with E-state index in [1.165, 1.54) is 4.90 Å². The molecule has 9 heteroatoms. The van der Waals surface area contributed by atoms with Crippen molar-refractivity contribution in [2.24, 2.45) is 0 Å². The van der Waals surface area contributed by atoms with Gasteiger partial charge < -0.3 is 24.7 Å². The first kappa shape index (κ1) is 24.2. The largest absolute Gasteiger partial charge is 0.497 e. The highest BCUT2D eigenvalue weighted by molar-refractivity contribution is 7.99. The molecule has 0 aromatic heterocycles. The van der Waals surface area contributed by atoms with Crippen LogP contribution in [0, 0.1) is 0 Å². The summed E-state index contributed by atoms with van der Waals surface area (Å²) in [6, 6.07) is 16.0. The number of hydrogen-bond acceptors (Lipinski definition) is 6. The van der Waals surface area contributed by atoms with Gasteiger partial charge in [0.25, 0.3) is 0 Å². The number of carbonyl (C=O) groups excluding carboxylic acids is 1. The zero-order valence-corrected chi connectivity index (χ0v) is 18.5. The number of amides is 1. The van der Waals surface area contributed by atoms with Gasteiger partial charge in [0, 0.05) is 23.7 Å². The van der Waals surface area contributed by atoms with E-state index in [0.717, 1.165) is 29.3 Å². The fourth-order valence-corrected chi connectivity index (χ4v) is 4.16. The molecule has 1 aliphatic heterocycles. The first-order valence-electron chi connectivity index (χ1n) is 9.52. The lowest BCUT2D eigenvalue weighted by Crippen LogP contribution is -2.39. The van der Waals surface area contributed by atoms with Crippen LogP contribution in [0.2, 0.25) is 0 Å². The SMILES string of the molecule is COc1cccc(C2CSc3ccccc3N(CCN(C)C)C2=O)c1.O=C(O)C(=O)O. The Morgan fingerprint density at radius 1 is 1.13 bits per heavy atom. The van der Waals surface area contributed by atoms with Gasteiger partial charge in [0.15, 0.2) is 0 Å².